The number of methoxy groups -OCH3 is 2. The number of carbonyl (C=O) groups is 1. The van der Waals surface area contributed by atoms with E-state index in [1.807, 2.05) is 0 Å². The van der Waals surface area contributed by atoms with Crippen LogP contribution in [0.25, 0.3) is 0 Å². The number of benzene rings is 2. The molecule has 0 fully saturated rings. The number of nitrogens with two attached hydrogens (primary N) is 1. The maximum Gasteiger partial charge on any atom is 0.304 e. The van der Waals surface area contributed by atoms with Crippen LogP contribution < -0.4 is 15.2 Å². The fourth-order valence-corrected chi connectivity index (χ4v) is 4.41. The number of carbonyl (C=O) groups excluding carboxylic acids is 1. The molecule has 160 valence electrons. The lowest BCUT2D eigenvalue weighted by Gasteiger charge is -2.27. The fraction of sp³-hybridized carbons (Fsp3) is 0.211. The highest BCUT2D eigenvalue weighted by molar-refractivity contribution is 7.90. The highest BCUT2D eigenvalue weighted by atomic mass is 32.2. The van der Waals surface area contributed by atoms with Crippen LogP contribution in [0.15, 0.2) is 60.2 Å². The van der Waals surface area contributed by atoms with Crippen molar-refractivity contribution in [3.63, 3.8) is 0 Å². The van der Waals surface area contributed by atoms with E-state index >= 15 is 0 Å². The molecule has 0 saturated carbocycles. The van der Waals surface area contributed by atoms with Crippen molar-refractivity contribution in [3.05, 3.63) is 71.3 Å². The quantitative estimate of drug-likeness (QED) is 0.415. The minimum atomic E-state index is -4.33. The number of hydrogen-bond acceptors (Lipinski definition) is 8. The molecular weight excluding hydrogens is 419 g/mol. The van der Waals surface area contributed by atoms with E-state index in [4.69, 9.17) is 24.1 Å². The Labute approximate surface area is 184 Å². The second-order valence-corrected chi connectivity index (χ2v) is 9.70. The molecule has 3 rings (SSSR count). The molecule has 0 aliphatic carbocycles. The van der Waals surface area contributed by atoms with Gasteiger partial charge < -0.3 is 24.1 Å². The van der Waals surface area contributed by atoms with Gasteiger partial charge in [0.05, 0.1) is 24.3 Å². The van der Waals surface area contributed by atoms with Gasteiger partial charge in [-0.2, -0.15) is 8.42 Å². The summed E-state index contributed by atoms with van der Waals surface area (Å²) in [6.45, 7) is 0. The molecule has 0 radical (unpaired) electrons. The van der Waals surface area contributed by atoms with Gasteiger partial charge in [-0.1, -0.05) is 36.4 Å². The third-order valence-corrected chi connectivity index (χ3v) is 7.24. The van der Waals surface area contributed by atoms with Crippen molar-refractivity contribution >= 4 is 39.4 Å². The van der Waals surface area contributed by atoms with Crippen molar-refractivity contribution in [2.75, 3.05) is 14.2 Å². The summed E-state index contributed by atoms with van der Waals surface area (Å²) in [5, 5.41) is 0. The fourth-order valence-electron chi connectivity index (χ4n) is 3.40. The predicted molar refractivity (Wildman–Crippen MR) is 122 cm³/mol. The van der Waals surface area contributed by atoms with Crippen LogP contribution >= 0.6 is 0 Å². The first-order chi connectivity index (χ1) is 14.5. The Bertz CT molecular complexity index is 1130. The molecule has 12 heteroatoms. The third kappa shape index (κ3) is 3.65. The van der Waals surface area contributed by atoms with E-state index in [1.165, 1.54) is 37.8 Å². The SMILES string of the molecule is BC(B)(c1ccccc1)S(=O)(=O)OC1=C(N)O[C@@](B)(c2c(OC)cccc2OC)C1=O. The van der Waals surface area contributed by atoms with Gasteiger partial charge in [-0.05, 0) is 17.7 Å². The first-order valence-corrected chi connectivity index (χ1v) is 10.8. The van der Waals surface area contributed by atoms with E-state index in [0.717, 1.165) is 0 Å². The van der Waals surface area contributed by atoms with Gasteiger partial charge in [0, 0.05) is 0 Å². The Kier molecular flexibility index (Phi) is 5.79. The zero-order valence-corrected chi connectivity index (χ0v) is 18.8. The minimum absolute atomic E-state index is 0.270. The summed E-state index contributed by atoms with van der Waals surface area (Å²) >= 11 is 0. The molecule has 0 unspecified atom stereocenters. The van der Waals surface area contributed by atoms with E-state index in [9.17, 15) is 13.2 Å². The average Bonchev–Trinajstić information content (AvgIpc) is 2.96. The maximum atomic E-state index is 13.4. The van der Waals surface area contributed by atoms with E-state index in [0.29, 0.717) is 17.1 Å². The lowest BCUT2D eigenvalue weighted by atomic mass is 9.65. The predicted octanol–water partition coefficient (Wildman–Crippen LogP) is -1.36. The summed E-state index contributed by atoms with van der Waals surface area (Å²) in [7, 11) is 2.96. The molecule has 2 aromatic rings. The molecular formula is C19H22B3NO7S. The Hall–Kier alpha value is -3.01. The molecule has 1 atom stereocenters. The lowest BCUT2D eigenvalue weighted by Crippen LogP contribution is -2.40. The number of ketones is 1. The second-order valence-electron chi connectivity index (χ2n) is 7.61. The van der Waals surface area contributed by atoms with E-state index < -0.39 is 37.6 Å². The minimum Gasteiger partial charge on any atom is -0.496 e. The van der Waals surface area contributed by atoms with Crippen LogP contribution in [0.5, 0.6) is 11.5 Å². The summed E-state index contributed by atoms with van der Waals surface area (Å²) in [5.41, 5.74) is 4.98. The van der Waals surface area contributed by atoms with Gasteiger partial charge in [0.25, 0.3) is 0 Å². The number of ether oxygens (including phenoxy) is 3. The van der Waals surface area contributed by atoms with Crippen LogP contribution in [0.1, 0.15) is 11.1 Å². The molecule has 0 amide bonds. The largest absolute Gasteiger partial charge is 0.496 e. The van der Waals surface area contributed by atoms with Crippen molar-refractivity contribution < 1.29 is 31.6 Å². The standard InChI is InChI=1S/C19H22B3NO7S/c1-27-12-9-6-10-13(28-2)14(12)18(20)16(24)15(17(23)29-18)30-31(25,26)19(21,22)11-7-4-3-5-8-11/h3-10H,20-23H2,1-2H3/t18-/m0/s1. The summed E-state index contributed by atoms with van der Waals surface area (Å²) < 4.78 is 46.5. The monoisotopic (exact) mass is 441 g/mol. The molecule has 1 aliphatic heterocycles. The van der Waals surface area contributed by atoms with Crippen LogP contribution in [0, 0.1) is 0 Å². The molecule has 0 bridgehead atoms. The highest BCUT2D eigenvalue weighted by Gasteiger charge is 2.53. The first kappa shape index (κ1) is 22.7. The van der Waals surface area contributed by atoms with E-state index in [-0.39, 0.29) is 5.56 Å². The van der Waals surface area contributed by atoms with Gasteiger partial charge in [-0.15, -0.1) is 0 Å². The number of hydrogen-bond donors (Lipinski definition) is 1. The van der Waals surface area contributed by atoms with Crippen LogP contribution in [0.4, 0.5) is 0 Å². The summed E-state index contributed by atoms with van der Waals surface area (Å²) in [6, 6.07) is 13.5. The molecule has 8 nitrogen and oxygen atoms in total. The smallest absolute Gasteiger partial charge is 0.304 e. The van der Waals surface area contributed by atoms with Crippen LogP contribution in [0.2, 0.25) is 0 Å². The molecule has 0 saturated heterocycles. The van der Waals surface area contributed by atoms with Crippen molar-refractivity contribution in [1.82, 2.24) is 0 Å². The number of Topliss-reactive ketones (excluding diaryl/α,β-unsaturated/α-hetero) is 1. The Balaban J connectivity index is 2.01. The summed E-state index contributed by atoms with van der Waals surface area (Å²) in [5.74, 6) is -1.15. The average molecular weight is 441 g/mol. The molecule has 31 heavy (non-hydrogen) atoms. The van der Waals surface area contributed by atoms with Crippen LogP contribution in [0.3, 0.4) is 0 Å². The lowest BCUT2D eigenvalue weighted by molar-refractivity contribution is -0.126. The first-order valence-electron chi connectivity index (χ1n) is 9.44. The normalized spacial score (nSPS) is 19.1. The van der Waals surface area contributed by atoms with Crippen LogP contribution in [-0.4, -0.2) is 52.0 Å². The van der Waals surface area contributed by atoms with Crippen molar-refractivity contribution in [2.24, 2.45) is 5.73 Å². The molecule has 2 aromatic carbocycles. The third-order valence-electron chi connectivity index (χ3n) is 5.37. The molecule has 0 aromatic heterocycles. The maximum absolute atomic E-state index is 13.4. The van der Waals surface area contributed by atoms with Gasteiger partial charge in [0.1, 0.15) is 27.2 Å². The molecule has 2 N–H and O–H groups in total. The van der Waals surface area contributed by atoms with Gasteiger partial charge in [0.15, 0.2) is 13.3 Å². The Morgan fingerprint density at radius 1 is 1.00 bits per heavy atom. The van der Waals surface area contributed by atoms with Crippen LogP contribution in [-0.2, 0) is 33.9 Å². The summed E-state index contributed by atoms with van der Waals surface area (Å²) in [6.07, 6.45) is 0. The van der Waals surface area contributed by atoms with E-state index in [1.54, 1.807) is 48.5 Å². The van der Waals surface area contributed by atoms with Gasteiger partial charge in [0.2, 0.25) is 17.4 Å². The van der Waals surface area contributed by atoms with Gasteiger partial charge in [-0.3, -0.25) is 4.79 Å². The molecule has 1 aliphatic rings. The number of rotatable bonds is 7. The topological polar surface area (TPSA) is 114 Å². The zero-order valence-electron chi connectivity index (χ0n) is 18.0. The zero-order chi connectivity index (χ0) is 23.0. The Morgan fingerprint density at radius 2 is 1.55 bits per heavy atom. The van der Waals surface area contributed by atoms with E-state index in [2.05, 4.69) is 0 Å². The molecule has 0 spiro atoms. The van der Waals surface area contributed by atoms with Crippen molar-refractivity contribution in [1.29, 1.82) is 0 Å². The van der Waals surface area contributed by atoms with Gasteiger partial charge in [-0.25, -0.2) is 0 Å². The highest BCUT2D eigenvalue weighted by Crippen LogP contribution is 2.45. The molecule has 1 heterocycles. The second kappa shape index (κ2) is 7.92. The van der Waals surface area contributed by atoms with Crippen molar-refractivity contribution in [3.8, 4) is 11.5 Å². The summed E-state index contributed by atoms with van der Waals surface area (Å²) in [4.78, 5) is 13.4. The van der Waals surface area contributed by atoms with Gasteiger partial charge >= 0.3 is 10.1 Å². The van der Waals surface area contributed by atoms with Crippen molar-refractivity contribution in [2.45, 2.75) is 10.0 Å². The Morgan fingerprint density at radius 3 is 2.06 bits per heavy atom.